The van der Waals surface area contributed by atoms with Crippen LogP contribution in [0.4, 0.5) is 0 Å². The maximum atomic E-state index is 11.7. The van der Waals surface area contributed by atoms with Crippen LogP contribution in [0.25, 0.3) is 0 Å². The Bertz CT molecular complexity index is 1060. The van der Waals surface area contributed by atoms with Crippen molar-refractivity contribution in [1.29, 1.82) is 0 Å². The van der Waals surface area contributed by atoms with Gasteiger partial charge in [0.15, 0.2) is 11.6 Å². The largest absolute Gasteiger partial charge is 0.295 e. The van der Waals surface area contributed by atoms with Crippen molar-refractivity contribution in [1.82, 2.24) is 4.31 Å². The molecule has 0 fully saturated rings. The highest BCUT2D eigenvalue weighted by atomic mass is 35.7. The van der Waals surface area contributed by atoms with E-state index in [1.165, 1.54) is 76.5 Å². The lowest BCUT2D eigenvalue weighted by Gasteiger charge is -2.11. The predicted molar refractivity (Wildman–Crippen MR) is 107 cm³/mol. The molecular formula is C18H20ClNO6S2. The summed E-state index contributed by atoms with van der Waals surface area (Å²) in [4.78, 5) is 22.0. The van der Waals surface area contributed by atoms with Crippen molar-refractivity contribution in [3.05, 3.63) is 59.7 Å². The van der Waals surface area contributed by atoms with E-state index >= 15 is 0 Å². The lowest BCUT2D eigenvalue weighted by atomic mass is 10.2. The first kappa shape index (κ1) is 24.0. The fourth-order valence-electron chi connectivity index (χ4n) is 1.92. The highest BCUT2D eigenvalue weighted by Gasteiger charge is 2.16. The number of nitrogens with zero attached hydrogens (tertiary/aromatic N) is 1. The van der Waals surface area contributed by atoms with Crippen LogP contribution < -0.4 is 0 Å². The fourth-order valence-corrected chi connectivity index (χ4v) is 3.60. The number of sulfonamides is 1. The van der Waals surface area contributed by atoms with E-state index < -0.39 is 19.1 Å². The first-order valence-electron chi connectivity index (χ1n) is 7.86. The number of rotatable bonds is 5. The van der Waals surface area contributed by atoms with Gasteiger partial charge in [0.05, 0.1) is 9.79 Å². The van der Waals surface area contributed by atoms with E-state index in [9.17, 15) is 26.4 Å². The minimum atomic E-state index is -3.68. The van der Waals surface area contributed by atoms with E-state index in [0.29, 0.717) is 11.1 Å². The Morgan fingerprint density at radius 3 is 1.29 bits per heavy atom. The van der Waals surface area contributed by atoms with Gasteiger partial charge in [0.1, 0.15) is 0 Å². The smallest absolute Gasteiger partial charge is 0.261 e. The lowest BCUT2D eigenvalue weighted by molar-refractivity contribution is 0.100. The molecule has 0 unspecified atom stereocenters. The van der Waals surface area contributed by atoms with E-state index in [1.54, 1.807) is 0 Å². The zero-order valence-corrected chi connectivity index (χ0v) is 18.1. The zero-order chi connectivity index (χ0) is 21.7. The Kier molecular flexibility index (Phi) is 8.06. The molecular weight excluding hydrogens is 426 g/mol. The number of carbonyl (C=O) groups excluding carboxylic acids is 2. The number of carbonyl (C=O) groups is 2. The van der Waals surface area contributed by atoms with Gasteiger partial charge >= 0.3 is 0 Å². The van der Waals surface area contributed by atoms with Crippen LogP contribution >= 0.6 is 10.7 Å². The second-order valence-corrected chi connectivity index (χ2v) is 10.6. The first-order valence-corrected chi connectivity index (χ1v) is 11.6. The summed E-state index contributed by atoms with van der Waals surface area (Å²) in [6.45, 7) is 2.85. The molecule has 0 spiro atoms. The van der Waals surface area contributed by atoms with Gasteiger partial charge in [-0.2, -0.15) is 0 Å². The van der Waals surface area contributed by atoms with Crippen LogP contribution in [0.1, 0.15) is 34.6 Å². The van der Waals surface area contributed by atoms with Crippen LogP contribution in [-0.2, 0) is 19.1 Å². The standard InChI is InChI=1S/C10H13NO3S.C8H7ClO3S/c1-8(12)9-4-6-10(7-5-9)15(13,14)11(2)3;1-6(10)7-2-4-8(5-3-7)13(9,11)12/h4-7H,1-3H3;2-5H,1H3. The molecule has 2 aromatic carbocycles. The molecule has 0 N–H and O–H groups in total. The molecule has 2 aromatic rings. The van der Waals surface area contributed by atoms with Gasteiger partial charge in [0, 0.05) is 35.9 Å². The second-order valence-electron chi connectivity index (χ2n) is 5.89. The highest BCUT2D eigenvalue weighted by Crippen LogP contribution is 2.15. The topological polar surface area (TPSA) is 106 Å². The van der Waals surface area contributed by atoms with Crippen molar-refractivity contribution in [2.75, 3.05) is 14.1 Å². The van der Waals surface area contributed by atoms with Gasteiger partial charge < -0.3 is 0 Å². The zero-order valence-electron chi connectivity index (χ0n) is 15.7. The SMILES string of the molecule is CC(=O)c1ccc(S(=O)(=O)Cl)cc1.CC(=O)c1ccc(S(=O)(=O)N(C)C)cc1. The van der Waals surface area contributed by atoms with Gasteiger partial charge in [0.25, 0.3) is 9.05 Å². The van der Waals surface area contributed by atoms with Crippen LogP contribution in [0.5, 0.6) is 0 Å². The molecule has 7 nitrogen and oxygen atoms in total. The van der Waals surface area contributed by atoms with E-state index in [0.717, 1.165) is 4.31 Å². The summed E-state index contributed by atoms with van der Waals surface area (Å²) >= 11 is 0. The van der Waals surface area contributed by atoms with Crippen molar-refractivity contribution >= 4 is 41.3 Å². The molecule has 0 atom stereocenters. The Morgan fingerprint density at radius 2 is 1.04 bits per heavy atom. The lowest BCUT2D eigenvalue weighted by Crippen LogP contribution is -2.22. The average Bonchev–Trinajstić information content (AvgIpc) is 2.61. The molecule has 0 bridgehead atoms. The van der Waals surface area contributed by atoms with Crippen molar-refractivity contribution in [2.24, 2.45) is 0 Å². The van der Waals surface area contributed by atoms with Crippen molar-refractivity contribution in [3.63, 3.8) is 0 Å². The third kappa shape index (κ3) is 6.52. The fraction of sp³-hybridized carbons (Fsp3) is 0.222. The minimum absolute atomic E-state index is 0.000772. The number of benzene rings is 2. The van der Waals surface area contributed by atoms with Crippen LogP contribution in [0.2, 0.25) is 0 Å². The highest BCUT2D eigenvalue weighted by molar-refractivity contribution is 8.13. The number of halogens is 1. The molecule has 0 aliphatic rings. The Hall–Kier alpha value is -2.07. The third-order valence-electron chi connectivity index (χ3n) is 3.58. The quantitative estimate of drug-likeness (QED) is 0.517. The molecule has 0 saturated carbocycles. The Balaban J connectivity index is 0.000000283. The van der Waals surface area contributed by atoms with E-state index in [2.05, 4.69) is 0 Å². The summed E-state index contributed by atoms with van der Waals surface area (Å²) in [5.41, 5.74) is 0.969. The van der Waals surface area contributed by atoms with Crippen molar-refractivity contribution in [2.45, 2.75) is 23.6 Å². The van der Waals surface area contributed by atoms with E-state index in [-0.39, 0.29) is 21.4 Å². The molecule has 152 valence electrons. The van der Waals surface area contributed by atoms with Gasteiger partial charge in [-0.15, -0.1) is 0 Å². The second kappa shape index (κ2) is 9.42. The monoisotopic (exact) mass is 445 g/mol. The Labute approximate surface area is 169 Å². The first-order chi connectivity index (χ1) is 12.8. The summed E-state index contributed by atoms with van der Waals surface area (Å²) in [7, 11) is 0.929. The van der Waals surface area contributed by atoms with E-state index in [1.807, 2.05) is 0 Å². The number of Topliss-reactive ketones (excluding diaryl/α,β-unsaturated/α-hetero) is 2. The van der Waals surface area contributed by atoms with Gasteiger partial charge in [0.2, 0.25) is 10.0 Å². The summed E-state index contributed by atoms with van der Waals surface area (Å²) in [6, 6.07) is 11.4. The van der Waals surface area contributed by atoms with Gasteiger partial charge in [-0.1, -0.05) is 24.3 Å². The molecule has 0 saturated heterocycles. The van der Waals surface area contributed by atoms with Crippen LogP contribution in [-0.4, -0.2) is 46.8 Å². The molecule has 0 aromatic heterocycles. The average molecular weight is 446 g/mol. The third-order valence-corrected chi connectivity index (χ3v) is 6.78. The normalized spacial score (nSPS) is 11.5. The summed E-state index contributed by atoms with van der Waals surface area (Å²) in [5.74, 6) is -0.192. The maximum Gasteiger partial charge on any atom is 0.261 e. The molecule has 0 aliphatic heterocycles. The number of hydrogen-bond acceptors (Lipinski definition) is 6. The minimum Gasteiger partial charge on any atom is -0.295 e. The molecule has 28 heavy (non-hydrogen) atoms. The molecule has 0 heterocycles. The van der Waals surface area contributed by atoms with Crippen molar-refractivity contribution in [3.8, 4) is 0 Å². The summed E-state index contributed by atoms with van der Waals surface area (Å²) in [6.07, 6.45) is 0. The van der Waals surface area contributed by atoms with E-state index in [4.69, 9.17) is 10.7 Å². The molecule has 0 aliphatic carbocycles. The summed E-state index contributed by atoms with van der Waals surface area (Å²) < 4.78 is 46.0. The van der Waals surface area contributed by atoms with Crippen molar-refractivity contribution < 1.29 is 26.4 Å². The van der Waals surface area contributed by atoms with Gasteiger partial charge in [-0.05, 0) is 38.1 Å². The molecule has 2 rings (SSSR count). The molecule has 0 radical (unpaired) electrons. The number of hydrogen-bond donors (Lipinski definition) is 0. The van der Waals surface area contributed by atoms with Gasteiger partial charge in [-0.3, -0.25) is 9.59 Å². The van der Waals surface area contributed by atoms with Crippen LogP contribution in [0, 0.1) is 0 Å². The maximum absolute atomic E-state index is 11.7. The predicted octanol–water partition coefficient (Wildman–Crippen LogP) is 2.96. The molecule has 10 heteroatoms. The van der Waals surface area contributed by atoms with Crippen LogP contribution in [0.15, 0.2) is 58.3 Å². The van der Waals surface area contributed by atoms with Gasteiger partial charge in [-0.25, -0.2) is 21.1 Å². The van der Waals surface area contributed by atoms with Crippen LogP contribution in [0.3, 0.4) is 0 Å². The number of ketones is 2. The summed E-state index contributed by atoms with van der Waals surface area (Å²) in [5, 5.41) is 0. The molecule has 0 amide bonds. The Morgan fingerprint density at radius 1 is 0.714 bits per heavy atom.